The molecule has 13 heavy (non-hydrogen) atoms. The van der Waals surface area contributed by atoms with Crippen molar-refractivity contribution in [3.8, 4) is 0 Å². The Morgan fingerprint density at radius 1 is 1.54 bits per heavy atom. The largest absolute Gasteiger partial charge is 0.332 e. The van der Waals surface area contributed by atoms with Gasteiger partial charge >= 0.3 is 0 Å². The Labute approximate surface area is 81.9 Å². The first kappa shape index (κ1) is 10.2. The van der Waals surface area contributed by atoms with Crippen LogP contribution < -0.4 is 0 Å². The highest BCUT2D eigenvalue weighted by atomic mass is 15.1. The second-order valence-electron chi connectivity index (χ2n) is 3.04. The Bertz CT molecular complexity index is 329. The standard InChI is InChI=1S/C9H12B2N2/c1-6(4-10)9-12-7(2)8(5-11)13(9)3/h1,4-5H2,2-3H3. The van der Waals surface area contributed by atoms with Crippen LogP contribution in [0, 0.1) is 6.92 Å². The number of imidazole rings is 1. The van der Waals surface area contributed by atoms with Crippen LogP contribution in [0.5, 0.6) is 0 Å². The van der Waals surface area contributed by atoms with Crippen LogP contribution in [-0.2, 0) is 13.4 Å². The van der Waals surface area contributed by atoms with Crippen LogP contribution in [-0.4, -0.2) is 25.2 Å². The van der Waals surface area contributed by atoms with Gasteiger partial charge in [-0.25, -0.2) is 4.98 Å². The summed E-state index contributed by atoms with van der Waals surface area (Å²) in [5, 5.41) is 0. The fourth-order valence-corrected chi connectivity index (χ4v) is 1.36. The molecule has 1 rings (SSSR count). The Kier molecular flexibility index (Phi) is 3.02. The van der Waals surface area contributed by atoms with Crippen molar-refractivity contribution in [3.05, 3.63) is 23.8 Å². The van der Waals surface area contributed by atoms with Gasteiger partial charge in [-0.15, -0.1) is 0 Å². The molecule has 0 unspecified atom stereocenters. The van der Waals surface area contributed by atoms with Crippen LogP contribution in [0.2, 0.25) is 6.32 Å². The smallest absolute Gasteiger partial charge is 0.134 e. The molecule has 0 aliphatic carbocycles. The van der Waals surface area contributed by atoms with Crippen molar-refractivity contribution in [2.24, 2.45) is 7.05 Å². The molecule has 1 aromatic rings. The first-order valence-electron chi connectivity index (χ1n) is 4.22. The van der Waals surface area contributed by atoms with Crippen LogP contribution in [0.3, 0.4) is 0 Å². The molecule has 2 nitrogen and oxygen atoms in total. The molecule has 4 heteroatoms. The molecule has 4 radical (unpaired) electrons. The van der Waals surface area contributed by atoms with E-state index < -0.39 is 0 Å². The average molecular weight is 170 g/mol. The summed E-state index contributed by atoms with van der Waals surface area (Å²) in [6.07, 6.45) is 0.918. The molecule has 64 valence electrons. The maximum absolute atomic E-state index is 5.58. The van der Waals surface area contributed by atoms with Gasteiger partial charge in [-0.05, 0) is 18.8 Å². The van der Waals surface area contributed by atoms with Gasteiger partial charge in [0.15, 0.2) is 0 Å². The van der Waals surface area contributed by atoms with E-state index in [2.05, 4.69) is 11.6 Å². The quantitative estimate of drug-likeness (QED) is 0.618. The van der Waals surface area contributed by atoms with Gasteiger partial charge in [0.1, 0.15) is 5.82 Å². The van der Waals surface area contributed by atoms with Crippen LogP contribution in [0.1, 0.15) is 17.2 Å². The maximum atomic E-state index is 5.58. The second kappa shape index (κ2) is 3.86. The van der Waals surface area contributed by atoms with Crippen molar-refractivity contribution in [1.29, 1.82) is 0 Å². The van der Waals surface area contributed by atoms with Gasteiger partial charge in [-0.1, -0.05) is 12.9 Å². The Morgan fingerprint density at radius 2 is 2.15 bits per heavy atom. The number of allylic oxidation sites excluding steroid dienone is 1. The van der Waals surface area contributed by atoms with E-state index in [9.17, 15) is 0 Å². The zero-order valence-electron chi connectivity index (χ0n) is 8.17. The van der Waals surface area contributed by atoms with Crippen molar-refractivity contribution in [2.75, 3.05) is 0 Å². The molecule has 0 saturated heterocycles. The minimum Gasteiger partial charge on any atom is -0.332 e. The third-order valence-corrected chi connectivity index (χ3v) is 2.17. The fraction of sp³-hybridized carbons (Fsp3) is 0.444. The summed E-state index contributed by atoms with van der Waals surface area (Å²) in [6.45, 7) is 5.78. The minimum atomic E-state index is 0.425. The van der Waals surface area contributed by atoms with E-state index in [1.807, 2.05) is 18.5 Å². The average Bonchev–Trinajstić information content (AvgIpc) is 2.40. The number of hydrogen-bond donors (Lipinski definition) is 0. The lowest BCUT2D eigenvalue weighted by molar-refractivity contribution is 0.844. The molecule has 0 aliphatic heterocycles. The summed E-state index contributed by atoms with van der Waals surface area (Å²) in [5.41, 5.74) is 2.82. The highest BCUT2D eigenvalue weighted by Gasteiger charge is 2.10. The summed E-state index contributed by atoms with van der Waals surface area (Å²) >= 11 is 0. The number of hydrogen-bond acceptors (Lipinski definition) is 1. The number of rotatable bonds is 3. The molecule has 0 bridgehead atoms. The highest BCUT2D eigenvalue weighted by molar-refractivity contribution is 6.14. The molecular weight excluding hydrogens is 158 g/mol. The lowest BCUT2D eigenvalue weighted by atomic mass is 9.97. The predicted octanol–water partition coefficient (Wildman–Crippen LogP) is 0.997. The van der Waals surface area contributed by atoms with Gasteiger partial charge in [-0.2, -0.15) is 0 Å². The Morgan fingerprint density at radius 3 is 2.54 bits per heavy atom. The molecule has 0 spiro atoms. The summed E-state index contributed by atoms with van der Waals surface area (Å²) in [6, 6.07) is 0. The van der Waals surface area contributed by atoms with E-state index >= 15 is 0 Å². The lowest BCUT2D eigenvalue weighted by Gasteiger charge is -2.05. The summed E-state index contributed by atoms with van der Waals surface area (Å²) < 4.78 is 1.95. The highest BCUT2D eigenvalue weighted by Crippen LogP contribution is 2.17. The van der Waals surface area contributed by atoms with Crippen LogP contribution >= 0.6 is 0 Å². The van der Waals surface area contributed by atoms with Crippen molar-refractivity contribution >= 4 is 21.3 Å². The van der Waals surface area contributed by atoms with Crippen LogP contribution in [0.4, 0.5) is 0 Å². The summed E-state index contributed by atoms with van der Waals surface area (Å²) in [7, 11) is 13.0. The minimum absolute atomic E-state index is 0.425. The summed E-state index contributed by atoms with van der Waals surface area (Å²) in [5.74, 6) is 0.834. The third-order valence-electron chi connectivity index (χ3n) is 2.17. The molecule has 0 fully saturated rings. The van der Waals surface area contributed by atoms with Crippen LogP contribution in [0.15, 0.2) is 6.58 Å². The zero-order chi connectivity index (χ0) is 10.0. The molecule has 0 aromatic carbocycles. The van der Waals surface area contributed by atoms with Crippen LogP contribution in [0.25, 0.3) is 5.57 Å². The van der Waals surface area contributed by atoms with Gasteiger partial charge in [-0.3, -0.25) is 0 Å². The molecule has 1 heterocycles. The number of nitrogens with zero attached hydrogens (tertiary/aromatic N) is 2. The van der Waals surface area contributed by atoms with E-state index in [-0.39, 0.29) is 0 Å². The van der Waals surface area contributed by atoms with Crippen molar-refractivity contribution in [2.45, 2.75) is 19.6 Å². The van der Waals surface area contributed by atoms with E-state index in [1.54, 1.807) is 0 Å². The molecule has 0 N–H and O–H groups in total. The van der Waals surface area contributed by atoms with E-state index in [1.165, 1.54) is 0 Å². The molecule has 0 saturated carbocycles. The Hall–Kier alpha value is -0.920. The number of aromatic nitrogens is 2. The van der Waals surface area contributed by atoms with E-state index in [0.717, 1.165) is 22.8 Å². The van der Waals surface area contributed by atoms with E-state index in [0.29, 0.717) is 12.6 Å². The van der Waals surface area contributed by atoms with E-state index in [4.69, 9.17) is 15.7 Å². The molecule has 0 amide bonds. The summed E-state index contributed by atoms with van der Waals surface area (Å²) in [4.78, 5) is 4.36. The molecule has 0 aliphatic rings. The normalized spacial score (nSPS) is 10.3. The first-order chi connectivity index (χ1) is 6.11. The van der Waals surface area contributed by atoms with Gasteiger partial charge in [0.2, 0.25) is 0 Å². The topological polar surface area (TPSA) is 17.8 Å². The molecule has 1 aromatic heterocycles. The van der Waals surface area contributed by atoms with Crippen molar-refractivity contribution < 1.29 is 0 Å². The third kappa shape index (κ3) is 1.71. The number of aryl methyl sites for hydroxylation is 1. The monoisotopic (exact) mass is 170 g/mol. The maximum Gasteiger partial charge on any atom is 0.134 e. The second-order valence-corrected chi connectivity index (χ2v) is 3.04. The van der Waals surface area contributed by atoms with Gasteiger partial charge in [0.05, 0.1) is 21.4 Å². The van der Waals surface area contributed by atoms with Gasteiger partial charge < -0.3 is 4.57 Å². The predicted molar refractivity (Wildman–Crippen MR) is 57.0 cm³/mol. The van der Waals surface area contributed by atoms with Crippen molar-refractivity contribution in [3.63, 3.8) is 0 Å². The molecule has 0 atom stereocenters. The van der Waals surface area contributed by atoms with Crippen molar-refractivity contribution in [1.82, 2.24) is 9.55 Å². The zero-order valence-corrected chi connectivity index (χ0v) is 8.17. The molecular formula is C9H12B2N2. The fourth-order valence-electron chi connectivity index (χ4n) is 1.36. The SMILES string of the molecule is [B]CC(=C)c1nc(C)c(C[B])n1C. The van der Waals surface area contributed by atoms with Gasteiger partial charge in [0.25, 0.3) is 0 Å². The Balaban J connectivity index is 3.18. The first-order valence-corrected chi connectivity index (χ1v) is 4.22. The lowest BCUT2D eigenvalue weighted by Crippen LogP contribution is -2.01. The van der Waals surface area contributed by atoms with Gasteiger partial charge in [0, 0.05) is 12.7 Å².